The Balaban J connectivity index is -0.00000000500. The number of rotatable bonds is 0. The summed E-state index contributed by atoms with van der Waals surface area (Å²) in [6.45, 7) is 0. The van der Waals surface area contributed by atoms with Crippen molar-refractivity contribution >= 4 is 0 Å². The minimum atomic E-state index is 0. The molecule has 4 heteroatoms. The van der Waals surface area contributed by atoms with Crippen molar-refractivity contribution in [3.05, 3.63) is 0 Å². The fourth-order valence-electron chi connectivity index (χ4n) is 0. The zero-order chi connectivity index (χ0) is 2.00. The molecule has 0 aromatic carbocycles. The predicted molar refractivity (Wildman–Crippen MR) is 4.72 cm³/mol. The molecule has 0 aliphatic heterocycles. The molecule has 0 unspecified atom stereocenters. The minimum absolute atomic E-state index is 0. The molecule has 0 heterocycles. The van der Waals surface area contributed by atoms with Gasteiger partial charge in [-0.1, -0.05) is 0 Å². The van der Waals surface area contributed by atoms with Crippen LogP contribution in [0.5, 0.6) is 0 Å². The smallest absolute Gasteiger partial charge is 0.682 e. The fourth-order valence-corrected chi connectivity index (χ4v) is 0. The Morgan fingerprint density at radius 3 is 1.25 bits per heavy atom. The molecule has 0 rings (SSSR count). The summed E-state index contributed by atoms with van der Waals surface area (Å²) in [6.07, 6.45) is 0. The van der Waals surface area contributed by atoms with Crippen molar-refractivity contribution in [3.63, 3.8) is 0 Å². The van der Waals surface area contributed by atoms with Crippen molar-refractivity contribution in [2.45, 2.75) is 0 Å². The van der Waals surface area contributed by atoms with Gasteiger partial charge >= 0.3 is 18.9 Å². The van der Waals surface area contributed by atoms with Crippen LogP contribution in [-0.2, 0) is 0 Å². The van der Waals surface area contributed by atoms with Crippen molar-refractivity contribution < 1.29 is 34.2 Å². The first-order valence-electron chi connectivity index (χ1n) is 0.154. The first kappa shape index (κ1) is 25.2. The van der Waals surface area contributed by atoms with E-state index in [-0.39, 0.29) is 24.3 Å². The van der Waals surface area contributed by atoms with Gasteiger partial charge in [-0.05, 0) is 0 Å². The van der Waals surface area contributed by atoms with Crippen LogP contribution < -0.4 is 24.2 Å². The van der Waals surface area contributed by atoms with Gasteiger partial charge < -0.3 is 15.3 Å². The van der Waals surface area contributed by atoms with Crippen LogP contribution in [0.2, 0.25) is 0 Å². The first-order chi connectivity index (χ1) is 1.00. The molecule has 0 aromatic rings. The summed E-state index contributed by atoms with van der Waals surface area (Å²) in [5.41, 5.74) is 0. The molecule has 0 atom stereocenters. The number of hydrogen-bond acceptors (Lipinski definition) is 1. The van der Waals surface area contributed by atoms with E-state index in [1.807, 2.05) is 0 Å². The van der Waals surface area contributed by atoms with Crippen LogP contribution in [0.4, 0.5) is 4.53 Å². The summed E-state index contributed by atoms with van der Waals surface area (Å²) >= 11 is 0. The van der Waals surface area contributed by atoms with Crippen LogP contribution >= 0.6 is 0 Å². The van der Waals surface area contributed by atoms with Gasteiger partial charge in [-0.3, -0.25) is 0 Å². The fraction of sp³-hybridized carbons (Fsp3) is 0. The van der Waals surface area contributed by atoms with E-state index in [0.717, 1.165) is 0 Å². The Morgan fingerprint density at radius 1 is 1.25 bits per heavy atom. The number of halogens is 1. The van der Waals surface area contributed by atoms with Gasteiger partial charge in [0.25, 0.3) is 0 Å². The van der Waals surface area contributed by atoms with E-state index in [1.165, 1.54) is 0 Å². The summed E-state index contributed by atoms with van der Waals surface area (Å²) in [4.78, 5) is 0. The summed E-state index contributed by atoms with van der Waals surface area (Å²) < 4.78 is 8.25. The van der Waals surface area contributed by atoms with E-state index in [2.05, 4.69) is 0 Å². The molecule has 0 fully saturated rings. The SMILES string of the molecule is O.[Li+].[O-]F. The van der Waals surface area contributed by atoms with Gasteiger partial charge in [0, 0.05) is 0 Å². The first-order valence-corrected chi connectivity index (χ1v) is 0.154. The molecule has 0 aliphatic carbocycles. The van der Waals surface area contributed by atoms with E-state index in [9.17, 15) is 0 Å². The molecule has 4 heavy (non-hydrogen) atoms. The van der Waals surface area contributed by atoms with Crippen LogP contribution in [0.1, 0.15) is 0 Å². The third kappa shape index (κ3) is 25.6. The molecule has 0 saturated heterocycles. The van der Waals surface area contributed by atoms with E-state index >= 15 is 0 Å². The molecule has 0 bridgehead atoms. The summed E-state index contributed by atoms with van der Waals surface area (Å²) in [5, 5.41) is 6.75. The van der Waals surface area contributed by atoms with Gasteiger partial charge in [0.1, 0.15) is 0 Å². The molecular formula is H2FLiO2. The largest absolute Gasteiger partial charge is 1.00 e. The van der Waals surface area contributed by atoms with E-state index < -0.39 is 0 Å². The molecule has 0 amide bonds. The summed E-state index contributed by atoms with van der Waals surface area (Å²) in [7, 11) is 0. The second-order valence-corrected chi connectivity index (χ2v) is 0. The van der Waals surface area contributed by atoms with Crippen molar-refractivity contribution in [3.8, 4) is 0 Å². The third-order valence-corrected chi connectivity index (χ3v) is 0. The second-order valence-electron chi connectivity index (χ2n) is 0. The van der Waals surface area contributed by atoms with Gasteiger partial charge in [0.05, 0.1) is 0 Å². The van der Waals surface area contributed by atoms with Gasteiger partial charge in [-0.2, -0.15) is 0 Å². The average molecular weight is 60.0 g/mol. The van der Waals surface area contributed by atoms with Crippen molar-refractivity contribution in [1.82, 2.24) is 0 Å². The van der Waals surface area contributed by atoms with Crippen LogP contribution in [0, 0.1) is 0 Å². The Bertz CT molecular complexity index is 6.00. The molecule has 0 saturated carbocycles. The van der Waals surface area contributed by atoms with E-state index in [1.54, 1.807) is 0 Å². The third-order valence-electron chi connectivity index (χ3n) is 0. The Hall–Kier alpha value is 0.447. The van der Waals surface area contributed by atoms with Crippen LogP contribution in [0.3, 0.4) is 0 Å². The zero-order valence-electron chi connectivity index (χ0n) is 2.29. The average Bonchev–Trinajstić information content (AvgIpc) is 1.00. The van der Waals surface area contributed by atoms with Crippen LogP contribution in [-0.4, -0.2) is 5.48 Å². The van der Waals surface area contributed by atoms with Crippen molar-refractivity contribution in [1.29, 1.82) is 0 Å². The van der Waals surface area contributed by atoms with Gasteiger partial charge in [-0.15, -0.1) is 0 Å². The molecule has 2 N–H and O–H groups in total. The summed E-state index contributed by atoms with van der Waals surface area (Å²) in [5.74, 6) is 0. The van der Waals surface area contributed by atoms with Gasteiger partial charge in [-0.25, -0.2) is 0 Å². The van der Waals surface area contributed by atoms with E-state index in [4.69, 9.17) is 9.84 Å². The predicted octanol–water partition coefficient (Wildman–Crippen LogP) is -4.59. The van der Waals surface area contributed by atoms with E-state index in [0.29, 0.717) is 0 Å². The van der Waals surface area contributed by atoms with Gasteiger partial charge in [0.2, 0.25) is 0 Å². The Labute approximate surface area is 35.0 Å². The summed E-state index contributed by atoms with van der Waals surface area (Å²) in [6, 6.07) is 0. The zero-order valence-corrected chi connectivity index (χ0v) is 2.29. The second kappa shape index (κ2) is 103. The number of hydrogen-bond donors (Lipinski definition) is 0. The Kier molecular flexibility index (Phi) is 651. The minimum Gasteiger partial charge on any atom is -0.682 e. The molecule has 2 nitrogen and oxygen atoms in total. The molecular weight excluding hydrogens is 57.9 g/mol. The quantitative estimate of drug-likeness (QED) is 0.259. The standard InChI is InChI=1S/FO.Li.H2O/c1-2;;/h;;1H2/q-1;+1;. The topological polar surface area (TPSA) is 54.6 Å². The van der Waals surface area contributed by atoms with Crippen molar-refractivity contribution in [2.24, 2.45) is 0 Å². The van der Waals surface area contributed by atoms with Crippen LogP contribution in [0.25, 0.3) is 0 Å². The van der Waals surface area contributed by atoms with Gasteiger partial charge in [0.15, 0.2) is 0 Å². The monoisotopic (exact) mass is 60.0 g/mol. The molecule has 22 valence electrons. The maximum Gasteiger partial charge on any atom is 1.00 e. The molecule has 0 aliphatic rings. The normalized spacial score (nSPS) is 1.50. The molecule has 0 radical (unpaired) electrons. The molecule has 0 aromatic heterocycles. The Morgan fingerprint density at radius 2 is 1.25 bits per heavy atom. The maximum absolute atomic E-state index is 8.25. The van der Waals surface area contributed by atoms with Crippen LogP contribution in [0.15, 0.2) is 0 Å². The molecule has 0 spiro atoms. The maximum atomic E-state index is 8.25. The van der Waals surface area contributed by atoms with Crippen molar-refractivity contribution in [2.75, 3.05) is 0 Å².